The summed E-state index contributed by atoms with van der Waals surface area (Å²) in [6.45, 7) is 0.298. The van der Waals surface area contributed by atoms with E-state index in [2.05, 4.69) is 20.6 Å². The average molecular weight is 570 g/mol. The first kappa shape index (κ1) is 28.2. The van der Waals surface area contributed by atoms with Crippen LogP contribution in [0, 0.1) is 0 Å². The summed E-state index contributed by atoms with van der Waals surface area (Å²) in [5, 5.41) is 6.35. The smallest absolute Gasteiger partial charge is 0.268 e. The second-order valence-electron chi connectivity index (χ2n) is 8.71. The molecule has 1 aromatic heterocycles. The first-order chi connectivity index (χ1) is 18.7. The van der Waals surface area contributed by atoms with Gasteiger partial charge in [-0.2, -0.15) is 0 Å². The fraction of sp³-hybridized carbons (Fsp3) is 0.192. The number of hydrogen-bond donors (Lipinski definition) is 4. The van der Waals surface area contributed by atoms with Crippen LogP contribution in [0.15, 0.2) is 60.7 Å². The first-order valence-electron chi connectivity index (χ1n) is 11.8. The molecule has 204 valence electrons. The fourth-order valence-corrected chi connectivity index (χ4v) is 4.55. The van der Waals surface area contributed by atoms with Gasteiger partial charge in [-0.25, -0.2) is 18.5 Å². The molecule has 0 spiro atoms. The van der Waals surface area contributed by atoms with Crippen molar-refractivity contribution in [1.82, 2.24) is 14.9 Å². The maximum Gasteiger partial charge on any atom is 0.268 e. The van der Waals surface area contributed by atoms with Crippen LogP contribution in [-0.4, -0.2) is 57.3 Å². The molecule has 3 aromatic carbocycles. The van der Waals surface area contributed by atoms with E-state index in [4.69, 9.17) is 22.1 Å². The number of amides is 1. The molecule has 0 fully saturated rings. The van der Waals surface area contributed by atoms with E-state index in [0.29, 0.717) is 38.7 Å². The van der Waals surface area contributed by atoms with Gasteiger partial charge in [0.25, 0.3) is 11.3 Å². The number of nitrogens with two attached hydrogens (primary N) is 1. The zero-order chi connectivity index (χ0) is 28.1. The van der Waals surface area contributed by atoms with Crippen LogP contribution >= 0.6 is 11.6 Å². The monoisotopic (exact) mass is 569 g/mol. The van der Waals surface area contributed by atoms with E-state index < -0.39 is 11.3 Å². The highest BCUT2D eigenvalue weighted by atomic mass is 35.5. The van der Waals surface area contributed by atoms with Gasteiger partial charge in [-0.3, -0.25) is 9.35 Å². The number of carbonyl (C=O) groups excluding carboxylic acids is 1. The number of benzene rings is 3. The Morgan fingerprint density at radius 3 is 2.44 bits per heavy atom. The number of aromatic nitrogens is 2. The molecule has 4 rings (SSSR count). The number of nitrogens with one attached hydrogen (secondary N) is 2. The second-order valence-corrected chi connectivity index (χ2v) is 9.95. The number of likely N-dealkylation sites (N-methyl/N-ethyl adjacent to an activating group) is 1. The van der Waals surface area contributed by atoms with Crippen molar-refractivity contribution in [2.75, 3.05) is 42.7 Å². The molecule has 0 saturated heterocycles. The molecule has 0 aliphatic carbocycles. The van der Waals surface area contributed by atoms with Crippen molar-refractivity contribution in [3.63, 3.8) is 0 Å². The number of hydrogen-bond acceptors (Lipinski definition) is 8. The average Bonchev–Trinajstić information content (AvgIpc) is 2.89. The molecule has 1 atom stereocenters. The molecular weight excluding hydrogens is 542 g/mol. The molecule has 0 radical (unpaired) electrons. The predicted molar refractivity (Wildman–Crippen MR) is 155 cm³/mol. The molecule has 0 aliphatic rings. The van der Waals surface area contributed by atoms with E-state index in [1.807, 2.05) is 6.07 Å². The quantitative estimate of drug-likeness (QED) is 0.206. The summed E-state index contributed by atoms with van der Waals surface area (Å²) >= 11 is 3.84. The summed E-state index contributed by atoms with van der Waals surface area (Å²) < 4.78 is 29.7. The number of anilines is 5. The lowest BCUT2D eigenvalue weighted by Crippen LogP contribution is -2.28. The van der Waals surface area contributed by atoms with Gasteiger partial charge in [0.2, 0.25) is 5.91 Å². The van der Waals surface area contributed by atoms with Crippen LogP contribution in [0.3, 0.4) is 0 Å². The summed E-state index contributed by atoms with van der Waals surface area (Å²) in [5.74, 6) is 0.520. The SMILES string of the molecule is COc1ccc(Cl)c(Nc2nc3ccccc3nc2N(c2ccc(CN)c(NC(=O)CN(C)C)c2)S(=O)O)c1. The highest BCUT2D eigenvalue weighted by molar-refractivity contribution is 7.81. The molecular formula is C26H28ClN7O4S. The lowest BCUT2D eigenvalue weighted by Gasteiger charge is -2.24. The Labute approximate surface area is 233 Å². The summed E-state index contributed by atoms with van der Waals surface area (Å²) in [7, 11) is 5.08. The fourth-order valence-electron chi connectivity index (χ4n) is 3.82. The number of halogens is 1. The number of nitrogens with zero attached hydrogens (tertiary/aromatic N) is 4. The second kappa shape index (κ2) is 12.4. The van der Waals surface area contributed by atoms with Crippen molar-refractivity contribution in [3.8, 4) is 5.75 Å². The Morgan fingerprint density at radius 1 is 1.08 bits per heavy atom. The normalized spacial score (nSPS) is 11.9. The Kier molecular flexibility index (Phi) is 8.94. The third-order valence-corrected chi connectivity index (χ3v) is 6.63. The maximum absolute atomic E-state index is 12.8. The largest absolute Gasteiger partial charge is 0.497 e. The molecule has 4 aromatic rings. The molecule has 13 heteroatoms. The molecule has 0 aliphatic heterocycles. The van der Waals surface area contributed by atoms with Crippen LogP contribution in [0.1, 0.15) is 5.56 Å². The molecule has 1 unspecified atom stereocenters. The van der Waals surface area contributed by atoms with Crippen molar-refractivity contribution in [3.05, 3.63) is 71.2 Å². The van der Waals surface area contributed by atoms with E-state index in [-0.39, 0.29) is 36.3 Å². The number of para-hydroxylation sites is 2. The van der Waals surface area contributed by atoms with Gasteiger partial charge in [-0.15, -0.1) is 0 Å². The maximum atomic E-state index is 12.8. The van der Waals surface area contributed by atoms with E-state index in [1.165, 1.54) is 7.11 Å². The third kappa shape index (κ3) is 6.61. The van der Waals surface area contributed by atoms with Crippen LogP contribution in [0.25, 0.3) is 11.0 Å². The van der Waals surface area contributed by atoms with Gasteiger partial charge in [0, 0.05) is 18.3 Å². The zero-order valence-corrected chi connectivity index (χ0v) is 23.1. The Balaban J connectivity index is 1.86. The number of fused-ring (bicyclic) bond motifs is 1. The Bertz CT molecular complexity index is 1540. The van der Waals surface area contributed by atoms with E-state index in [9.17, 15) is 13.6 Å². The van der Waals surface area contributed by atoms with Crippen molar-refractivity contribution in [2.24, 2.45) is 5.73 Å². The van der Waals surface area contributed by atoms with Crippen LogP contribution in [0.5, 0.6) is 5.75 Å². The molecule has 0 saturated carbocycles. The lowest BCUT2D eigenvalue weighted by molar-refractivity contribution is -0.116. The van der Waals surface area contributed by atoms with E-state index in [0.717, 1.165) is 4.31 Å². The van der Waals surface area contributed by atoms with Gasteiger partial charge in [-0.05, 0) is 56.1 Å². The summed E-state index contributed by atoms with van der Waals surface area (Å²) in [6.07, 6.45) is 0. The van der Waals surface area contributed by atoms with Gasteiger partial charge >= 0.3 is 0 Å². The van der Waals surface area contributed by atoms with E-state index >= 15 is 0 Å². The minimum Gasteiger partial charge on any atom is -0.497 e. The number of rotatable bonds is 10. The van der Waals surface area contributed by atoms with Gasteiger partial charge < -0.3 is 26.0 Å². The minimum absolute atomic E-state index is 0.0551. The van der Waals surface area contributed by atoms with Gasteiger partial charge in [0.1, 0.15) is 5.75 Å². The zero-order valence-electron chi connectivity index (χ0n) is 21.5. The van der Waals surface area contributed by atoms with Crippen molar-refractivity contribution < 1.29 is 18.3 Å². The molecule has 39 heavy (non-hydrogen) atoms. The summed E-state index contributed by atoms with van der Waals surface area (Å²) in [4.78, 5) is 23.6. The molecule has 1 amide bonds. The van der Waals surface area contributed by atoms with Crippen molar-refractivity contribution >= 4 is 68.5 Å². The Hall–Kier alpha value is -3.81. The number of carbonyl (C=O) groups is 1. The van der Waals surface area contributed by atoms with Crippen molar-refractivity contribution in [1.29, 1.82) is 0 Å². The predicted octanol–water partition coefficient (Wildman–Crippen LogP) is 4.27. The van der Waals surface area contributed by atoms with Gasteiger partial charge in [-0.1, -0.05) is 29.8 Å². The lowest BCUT2D eigenvalue weighted by atomic mass is 10.1. The minimum atomic E-state index is -2.59. The van der Waals surface area contributed by atoms with E-state index in [1.54, 1.807) is 73.6 Å². The van der Waals surface area contributed by atoms with Crippen LogP contribution in [-0.2, 0) is 22.6 Å². The summed E-state index contributed by atoms with van der Waals surface area (Å²) in [6, 6.07) is 17.1. The van der Waals surface area contributed by atoms with Crippen molar-refractivity contribution in [2.45, 2.75) is 6.54 Å². The molecule has 5 N–H and O–H groups in total. The topological polar surface area (TPSA) is 146 Å². The molecule has 0 bridgehead atoms. The van der Waals surface area contributed by atoms with Gasteiger partial charge in [0.05, 0.1) is 41.1 Å². The van der Waals surface area contributed by atoms with Gasteiger partial charge in [0.15, 0.2) is 11.6 Å². The number of ether oxygens (including phenoxy) is 1. The highest BCUT2D eigenvalue weighted by Crippen LogP contribution is 2.37. The van der Waals surface area contributed by atoms with Crippen LogP contribution < -0.4 is 25.4 Å². The van der Waals surface area contributed by atoms with Crippen LogP contribution in [0.4, 0.5) is 28.7 Å². The third-order valence-electron chi connectivity index (χ3n) is 5.61. The Morgan fingerprint density at radius 2 is 1.79 bits per heavy atom. The highest BCUT2D eigenvalue weighted by Gasteiger charge is 2.24. The standard InChI is InChI=1S/C26H28ClN7O4S/c1-33(2)15-24(35)29-22-12-17(9-8-16(22)14-28)34(39(36)37)26-25(30-20-6-4-5-7-21(20)32-26)31-23-13-18(38-3)10-11-19(23)27/h4-13H,14-15,28H2,1-3H3,(H,29,35)(H,30,31)(H,36,37). The number of methoxy groups -OCH3 is 1. The molecule has 1 heterocycles. The molecule has 11 nitrogen and oxygen atoms in total. The first-order valence-corrected chi connectivity index (χ1v) is 13.2. The van der Waals surface area contributed by atoms with Crippen LogP contribution in [0.2, 0.25) is 5.02 Å². The summed E-state index contributed by atoms with van der Waals surface area (Å²) in [5.41, 5.74) is 8.76.